The predicted molar refractivity (Wildman–Crippen MR) is 65.3 cm³/mol. The zero-order chi connectivity index (χ0) is 11.5. The molecule has 1 amide bonds. The van der Waals surface area contributed by atoms with Crippen molar-refractivity contribution in [2.24, 2.45) is 0 Å². The van der Waals surface area contributed by atoms with Gasteiger partial charge in [-0.3, -0.25) is 4.79 Å². The van der Waals surface area contributed by atoms with E-state index in [2.05, 4.69) is 4.90 Å². The molecule has 0 saturated carbocycles. The maximum atomic E-state index is 11.2. The number of hydrogen-bond acceptors (Lipinski definition) is 3. The summed E-state index contributed by atoms with van der Waals surface area (Å²) in [4.78, 5) is 15.3. The van der Waals surface area contributed by atoms with Crippen LogP contribution in [0.4, 0.5) is 11.4 Å². The molecule has 16 heavy (non-hydrogen) atoms. The number of piperazine rings is 1. The number of nitrogens with two attached hydrogens (primary N) is 1. The molecule has 0 aromatic heterocycles. The van der Waals surface area contributed by atoms with E-state index >= 15 is 0 Å². The average molecular weight is 219 g/mol. The highest BCUT2D eigenvalue weighted by Crippen LogP contribution is 2.23. The number of benzene rings is 1. The Bertz CT molecular complexity index is 384. The number of para-hydroxylation sites is 2. The van der Waals surface area contributed by atoms with Gasteiger partial charge in [-0.05, 0) is 12.1 Å². The third-order valence-electron chi connectivity index (χ3n) is 3.00. The van der Waals surface area contributed by atoms with Crippen molar-refractivity contribution < 1.29 is 4.79 Å². The molecular weight excluding hydrogens is 202 g/mol. The first kappa shape index (κ1) is 10.8. The Hall–Kier alpha value is -1.71. The molecule has 0 radical (unpaired) electrons. The van der Waals surface area contributed by atoms with Crippen LogP contribution in [0.2, 0.25) is 0 Å². The lowest BCUT2D eigenvalue weighted by molar-refractivity contribution is -0.129. The molecule has 1 aliphatic heterocycles. The molecule has 0 spiro atoms. The second-order valence-corrected chi connectivity index (χ2v) is 4.05. The van der Waals surface area contributed by atoms with Crippen LogP contribution in [0.3, 0.4) is 0 Å². The van der Waals surface area contributed by atoms with E-state index in [0.29, 0.717) is 0 Å². The van der Waals surface area contributed by atoms with Crippen LogP contribution >= 0.6 is 0 Å². The number of nitrogens with zero attached hydrogens (tertiary/aromatic N) is 2. The van der Waals surface area contributed by atoms with Crippen LogP contribution in [0.5, 0.6) is 0 Å². The van der Waals surface area contributed by atoms with Crippen LogP contribution < -0.4 is 10.6 Å². The molecule has 1 aliphatic rings. The molecule has 2 N–H and O–H groups in total. The summed E-state index contributed by atoms with van der Waals surface area (Å²) in [6, 6.07) is 7.86. The molecule has 1 heterocycles. The average Bonchev–Trinajstić information content (AvgIpc) is 2.30. The highest BCUT2D eigenvalue weighted by Gasteiger charge is 2.19. The van der Waals surface area contributed by atoms with Crippen molar-refractivity contribution in [1.29, 1.82) is 0 Å². The highest BCUT2D eigenvalue weighted by atomic mass is 16.2. The molecule has 4 nitrogen and oxygen atoms in total. The zero-order valence-electron chi connectivity index (χ0n) is 9.52. The molecule has 1 aromatic carbocycles. The number of amides is 1. The van der Waals surface area contributed by atoms with Crippen LogP contribution in [0, 0.1) is 0 Å². The van der Waals surface area contributed by atoms with Crippen LogP contribution in [-0.2, 0) is 4.79 Å². The summed E-state index contributed by atoms with van der Waals surface area (Å²) in [7, 11) is 0. The van der Waals surface area contributed by atoms with E-state index in [1.54, 1.807) is 6.92 Å². The molecule has 0 unspecified atom stereocenters. The summed E-state index contributed by atoms with van der Waals surface area (Å²) < 4.78 is 0. The van der Waals surface area contributed by atoms with E-state index in [1.165, 1.54) is 0 Å². The van der Waals surface area contributed by atoms with Crippen LogP contribution in [0.25, 0.3) is 0 Å². The Balaban J connectivity index is 2.05. The van der Waals surface area contributed by atoms with Crippen molar-refractivity contribution >= 4 is 17.3 Å². The normalized spacial score (nSPS) is 16.3. The molecular formula is C12H17N3O. The molecule has 0 bridgehead atoms. The number of nitrogen functional groups attached to an aromatic ring is 1. The molecule has 4 heteroatoms. The lowest BCUT2D eigenvalue weighted by atomic mass is 10.2. The lowest BCUT2D eigenvalue weighted by Crippen LogP contribution is -2.48. The van der Waals surface area contributed by atoms with Crippen molar-refractivity contribution in [3.05, 3.63) is 24.3 Å². The lowest BCUT2D eigenvalue weighted by Gasteiger charge is -2.36. The Morgan fingerprint density at radius 1 is 1.19 bits per heavy atom. The van der Waals surface area contributed by atoms with Crippen molar-refractivity contribution in [3.63, 3.8) is 0 Å². The van der Waals surface area contributed by atoms with Crippen LogP contribution in [-0.4, -0.2) is 37.0 Å². The van der Waals surface area contributed by atoms with Gasteiger partial charge >= 0.3 is 0 Å². The maximum absolute atomic E-state index is 11.2. The predicted octanol–water partition coefficient (Wildman–Crippen LogP) is 0.937. The van der Waals surface area contributed by atoms with Gasteiger partial charge < -0.3 is 15.5 Å². The van der Waals surface area contributed by atoms with Crippen molar-refractivity contribution in [1.82, 2.24) is 4.90 Å². The van der Waals surface area contributed by atoms with Gasteiger partial charge in [0.15, 0.2) is 0 Å². The number of anilines is 2. The van der Waals surface area contributed by atoms with Gasteiger partial charge in [0.05, 0.1) is 11.4 Å². The third-order valence-corrected chi connectivity index (χ3v) is 3.00. The Morgan fingerprint density at radius 2 is 1.81 bits per heavy atom. The number of hydrogen-bond donors (Lipinski definition) is 1. The summed E-state index contributed by atoms with van der Waals surface area (Å²) in [5.74, 6) is 0.153. The molecule has 0 aliphatic carbocycles. The van der Waals surface area contributed by atoms with Crippen molar-refractivity contribution in [3.8, 4) is 0 Å². The quantitative estimate of drug-likeness (QED) is 0.715. The largest absolute Gasteiger partial charge is 0.397 e. The first-order chi connectivity index (χ1) is 7.68. The van der Waals surface area contributed by atoms with Gasteiger partial charge in [0, 0.05) is 33.1 Å². The maximum Gasteiger partial charge on any atom is 0.219 e. The summed E-state index contributed by atoms with van der Waals surface area (Å²) in [6.45, 7) is 4.89. The SMILES string of the molecule is CC(=O)N1CCN(c2ccccc2N)CC1. The number of rotatable bonds is 1. The minimum absolute atomic E-state index is 0.153. The fourth-order valence-corrected chi connectivity index (χ4v) is 2.04. The van der Waals surface area contributed by atoms with Crippen LogP contribution in [0.1, 0.15) is 6.92 Å². The molecule has 1 fully saturated rings. The summed E-state index contributed by atoms with van der Waals surface area (Å²) in [6.07, 6.45) is 0. The first-order valence-corrected chi connectivity index (χ1v) is 5.53. The fraction of sp³-hybridized carbons (Fsp3) is 0.417. The van der Waals surface area contributed by atoms with E-state index < -0.39 is 0 Å². The summed E-state index contributed by atoms with van der Waals surface area (Å²) in [5.41, 5.74) is 7.80. The summed E-state index contributed by atoms with van der Waals surface area (Å²) >= 11 is 0. The van der Waals surface area contributed by atoms with Gasteiger partial charge in [-0.25, -0.2) is 0 Å². The van der Waals surface area contributed by atoms with Gasteiger partial charge in [-0.2, -0.15) is 0 Å². The topological polar surface area (TPSA) is 49.6 Å². The molecule has 1 aromatic rings. The second-order valence-electron chi connectivity index (χ2n) is 4.05. The molecule has 2 rings (SSSR count). The highest BCUT2D eigenvalue weighted by molar-refractivity contribution is 5.74. The van der Waals surface area contributed by atoms with E-state index in [4.69, 9.17) is 5.73 Å². The minimum Gasteiger partial charge on any atom is -0.397 e. The van der Waals surface area contributed by atoms with Crippen LogP contribution in [0.15, 0.2) is 24.3 Å². The standard InChI is InChI=1S/C12H17N3O/c1-10(16)14-6-8-15(9-7-14)12-5-3-2-4-11(12)13/h2-5H,6-9,13H2,1H3. The van der Waals surface area contributed by atoms with Gasteiger partial charge in [0.25, 0.3) is 0 Å². The van der Waals surface area contributed by atoms with E-state index in [-0.39, 0.29) is 5.91 Å². The van der Waals surface area contributed by atoms with Gasteiger partial charge in [-0.1, -0.05) is 12.1 Å². The number of carbonyl (C=O) groups excluding carboxylic acids is 1. The fourth-order valence-electron chi connectivity index (χ4n) is 2.04. The second kappa shape index (κ2) is 4.43. The molecule has 86 valence electrons. The summed E-state index contributed by atoms with van der Waals surface area (Å²) in [5, 5.41) is 0. The monoisotopic (exact) mass is 219 g/mol. The first-order valence-electron chi connectivity index (χ1n) is 5.53. The van der Waals surface area contributed by atoms with Crippen molar-refractivity contribution in [2.45, 2.75) is 6.92 Å². The van der Waals surface area contributed by atoms with E-state index in [9.17, 15) is 4.79 Å². The van der Waals surface area contributed by atoms with Gasteiger partial charge in [0.2, 0.25) is 5.91 Å². The Morgan fingerprint density at radius 3 is 2.38 bits per heavy atom. The van der Waals surface area contributed by atoms with Crippen molar-refractivity contribution in [2.75, 3.05) is 36.8 Å². The number of carbonyl (C=O) groups is 1. The van der Waals surface area contributed by atoms with Gasteiger partial charge in [-0.15, -0.1) is 0 Å². The third kappa shape index (κ3) is 2.10. The smallest absolute Gasteiger partial charge is 0.219 e. The molecule has 1 saturated heterocycles. The Labute approximate surface area is 95.6 Å². The zero-order valence-corrected chi connectivity index (χ0v) is 9.52. The van der Waals surface area contributed by atoms with E-state index in [0.717, 1.165) is 37.6 Å². The van der Waals surface area contributed by atoms with Gasteiger partial charge in [0.1, 0.15) is 0 Å². The Kier molecular flexibility index (Phi) is 2.99. The van der Waals surface area contributed by atoms with E-state index in [1.807, 2.05) is 29.2 Å². The minimum atomic E-state index is 0.153. The molecule has 0 atom stereocenters.